The fourth-order valence-corrected chi connectivity index (χ4v) is 4.46. The summed E-state index contributed by atoms with van der Waals surface area (Å²) in [6.45, 7) is 0.375. The van der Waals surface area contributed by atoms with E-state index in [9.17, 15) is 18.0 Å². The highest BCUT2D eigenvalue weighted by Crippen LogP contribution is 2.30. The Morgan fingerprint density at radius 2 is 1.91 bits per heavy atom. The first-order chi connectivity index (χ1) is 10.4. The molecule has 1 atom stereocenters. The molecule has 2 fully saturated rings. The van der Waals surface area contributed by atoms with Gasteiger partial charge in [-0.2, -0.15) is 0 Å². The molecule has 1 saturated carbocycles. The molecular formula is C13H23N3O4S2. The number of carbonyl (C=O) groups is 2. The van der Waals surface area contributed by atoms with Crippen LogP contribution in [0.4, 0.5) is 0 Å². The molecule has 1 aliphatic heterocycles. The van der Waals surface area contributed by atoms with Crippen molar-refractivity contribution in [2.45, 2.75) is 31.7 Å². The van der Waals surface area contributed by atoms with Crippen LogP contribution in [0.25, 0.3) is 0 Å². The molecule has 1 saturated heterocycles. The molecule has 9 heteroatoms. The Labute approximate surface area is 135 Å². The van der Waals surface area contributed by atoms with Gasteiger partial charge in [0.2, 0.25) is 21.8 Å². The zero-order valence-electron chi connectivity index (χ0n) is 12.7. The van der Waals surface area contributed by atoms with E-state index >= 15 is 0 Å². The van der Waals surface area contributed by atoms with Crippen LogP contribution in [-0.4, -0.2) is 62.1 Å². The van der Waals surface area contributed by atoms with E-state index < -0.39 is 16.1 Å². The van der Waals surface area contributed by atoms with Crippen LogP contribution < -0.4 is 10.0 Å². The summed E-state index contributed by atoms with van der Waals surface area (Å²) in [5.74, 6) is 1.13. The number of amides is 2. The zero-order valence-corrected chi connectivity index (χ0v) is 14.3. The number of hydrogen-bond donors (Lipinski definition) is 2. The molecule has 2 N–H and O–H groups in total. The van der Waals surface area contributed by atoms with Crippen LogP contribution in [0.3, 0.4) is 0 Å². The summed E-state index contributed by atoms with van der Waals surface area (Å²) in [6, 6.07) is -0.434. The second-order valence-electron chi connectivity index (χ2n) is 5.76. The summed E-state index contributed by atoms with van der Waals surface area (Å²) < 4.78 is 24.2. The average molecular weight is 349 g/mol. The molecule has 0 aromatic heterocycles. The van der Waals surface area contributed by atoms with Crippen molar-refractivity contribution in [1.82, 2.24) is 14.9 Å². The van der Waals surface area contributed by atoms with Gasteiger partial charge in [-0.25, -0.2) is 13.1 Å². The molecule has 0 radical (unpaired) electrons. The summed E-state index contributed by atoms with van der Waals surface area (Å²) in [4.78, 5) is 26.3. The Balaban J connectivity index is 1.81. The molecule has 1 heterocycles. The van der Waals surface area contributed by atoms with Crippen LogP contribution in [0.5, 0.6) is 0 Å². The van der Waals surface area contributed by atoms with Crippen LogP contribution in [-0.2, 0) is 19.6 Å². The molecule has 2 amide bonds. The van der Waals surface area contributed by atoms with Gasteiger partial charge in [0.05, 0.1) is 12.1 Å². The Morgan fingerprint density at radius 1 is 1.23 bits per heavy atom. The van der Waals surface area contributed by atoms with E-state index in [0.29, 0.717) is 11.6 Å². The third-order valence-corrected chi connectivity index (χ3v) is 5.70. The standard InChI is InChI=1S/C13H23N3O4S2/c1-22(19,20)15-7-6-14-12(17)11-8-21-9-16(11)13(18)10-4-2-3-5-10/h10-11,15H,2-9H2,1H3,(H,14,17)/t11-/m1/s1. The minimum atomic E-state index is -3.25. The van der Waals surface area contributed by atoms with Gasteiger partial charge in [-0.1, -0.05) is 12.8 Å². The maximum Gasteiger partial charge on any atom is 0.243 e. The topological polar surface area (TPSA) is 95.6 Å². The minimum Gasteiger partial charge on any atom is -0.353 e. The number of nitrogens with one attached hydrogen (secondary N) is 2. The van der Waals surface area contributed by atoms with Crippen LogP contribution >= 0.6 is 11.8 Å². The highest BCUT2D eigenvalue weighted by molar-refractivity contribution is 7.99. The summed E-state index contributed by atoms with van der Waals surface area (Å²) >= 11 is 1.58. The summed E-state index contributed by atoms with van der Waals surface area (Å²) in [5.41, 5.74) is 0. The number of rotatable bonds is 6. The third kappa shape index (κ3) is 4.85. The number of carbonyl (C=O) groups excluding carboxylic acids is 2. The molecule has 0 bridgehead atoms. The highest BCUT2D eigenvalue weighted by atomic mass is 32.2. The van der Waals surface area contributed by atoms with Crippen molar-refractivity contribution in [3.63, 3.8) is 0 Å². The van der Waals surface area contributed by atoms with Crippen LogP contribution in [0.15, 0.2) is 0 Å². The predicted octanol–water partition coefficient (Wildman–Crippen LogP) is -0.256. The van der Waals surface area contributed by atoms with Gasteiger partial charge in [-0.05, 0) is 12.8 Å². The number of hydrogen-bond acceptors (Lipinski definition) is 5. The largest absolute Gasteiger partial charge is 0.353 e. The molecule has 0 unspecified atom stereocenters. The average Bonchev–Trinajstić information content (AvgIpc) is 3.11. The zero-order chi connectivity index (χ0) is 16.2. The van der Waals surface area contributed by atoms with E-state index in [-0.39, 0.29) is 30.8 Å². The molecule has 126 valence electrons. The molecule has 0 aromatic rings. The maximum atomic E-state index is 12.5. The number of thioether (sulfide) groups is 1. The van der Waals surface area contributed by atoms with E-state index in [2.05, 4.69) is 10.0 Å². The molecule has 7 nitrogen and oxygen atoms in total. The fraction of sp³-hybridized carbons (Fsp3) is 0.846. The van der Waals surface area contributed by atoms with Gasteiger partial charge in [0.25, 0.3) is 0 Å². The first kappa shape index (κ1) is 17.6. The maximum absolute atomic E-state index is 12.5. The molecule has 2 aliphatic rings. The molecule has 0 aromatic carbocycles. The van der Waals surface area contributed by atoms with Crippen molar-refractivity contribution in [3.8, 4) is 0 Å². The number of sulfonamides is 1. The van der Waals surface area contributed by atoms with Crippen molar-refractivity contribution >= 4 is 33.6 Å². The fourth-order valence-electron chi connectivity index (χ4n) is 2.82. The van der Waals surface area contributed by atoms with Gasteiger partial charge in [0.15, 0.2) is 0 Å². The molecule has 0 spiro atoms. The normalized spacial score (nSPS) is 23.0. The molecular weight excluding hydrogens is 326 g/mol. The smallest absolute Gasteiger partial charge is 0.243 e. The van der Waals surface area contributed by atoms with E-state index in [1.165, 1.54) is 0 Å². The van der Waals surface area contributed by atoms with Crippen molar-refractivity contribution < 1.29 is 18.0 Å². The Hall–Kier alpha value is -0.800. The number of nitrogens with zero attached hydrogens (tertiary/aromatic N) is 1. The van der Waals surface area contributed by atoms with Gasteiger partial charge >= 0.3 is 0 Å². The van der Waals surface area contributed by atoms with Gasteiger partial charge in [-0.15, -0.1) is 11.8 Å². The van der Waals surface area contributed by atoms with Gasteiger partial charge in [0, 0.05) is 24.8 Å². The lowest BCUT2D eigenvalue weighted by molar-refractivity contribution is -0.141. The van der Waals surface area contributed by atoms with E-state index in [1.54, 1.807) is 16.7 Å². The van der Waals surface area contributed by atoms with Crippen molar-refractivity contribution in [2.75, 3.05) is 31.0 Å². The monoisotopic (exact) mass is 349 g/mol. The molecule has 2 rings (SSSR count). The van der Waals surface area contributed by atoms with Crippen LogP contribution in [0.1, 0.15) is 25.7 Å². The van der Waals surface area contributed by atoms with E-state index in [0.717, 1.165) is 31.9 Å². The predicted molar refractivity (Wildman–Crippen MR) is 85.8 cm³/mol. The summed E-state index contributed by atoms with van der Waals surface area (Å²) in [7, 11) is -3.25. The Morgan fingerprint density at radius 3 is 2.55 bits per heavy atom. The Bertz CT molecular complexity index is 517. The molecule has 1 aliphatic carbocycles. The third-order valence-electron chi connectivity index (χ3n) is 3.96. The minimum absolute atomic E-state index is 0.0703. The highest BCUT2D eigenvalue weighted by Gasteiger charge is 2.38. The lowest BCUT2D eigenvalue weighted by atomic mass is 10.1. The lowest BCUT2D eigenvalue weighted by Gasteiger charge is -2.25. The van der Waals surface area contributed by atoms with E-state index in [4.69, 9.17) is 0 Å². The summed E-state index contributed by atoms with van der Waals surface area (Å²) in [5, 5.41) is 2.70. The van der Waals surface area contributed by atoms with Gasteiger partial charge < -0.3 is 10.2 Å². The summed E-state index contributed by atoms with van der Waals surface area (Å²) in [6.07, 6.45) is 5.10. The van der Waals surface area contributed by atoms with E-state index in [1.807, 2.05) is 0 Å². The first-order valence-electron chi connectivity index (χ1n) is 7.49. The van der Waals surface area contributed by atoms with Crippen LogP contribution in [0, 0.1) is 5.92 Å². The SMILES string of the molecule is CS(=O)(=O)NCCNC(=O)[C@H]1CSCN1C(=O)C1CCCC1. The van der Waals surface area contributed by atoms with Gasteiger partial charge in [0.1, 0.15) is 6.04 Å². The van der Waals surface area contributed by atoms with Crippen molar-refractivity contribution in [2.24, 2.45) is 5.92 Å². The lowest BCUT2D eigenvalue weighted by Crippen LogP contribution is -2.49. The van der Waals surface area contributed by atoms with Gasteiger partial charge in [-0.3, -0.25) is 9.59 Å². The van der Waals surface area contributed by atoms with Crippen LogP contribution in [0.2, 0.25) is 0 Å². The van der Waals surface area contributed by atoms with Crippen molar-refractivity contribution in [3.05, 3.63) is 0 Å². The Kier molecular flexibility index (Phi) is 6.10. The van der Waals surface area contributed by atoms with Crippen molar-refractivity contribution in [1.29, 1.82) is 0 Å². The second kappa shape index (κ2) is 7.65. The molecule has 22 heavy (non-hydrogen) atoms. The quantitative estimate of drug-likeness (QED) is 0.645. The first-order valence-corrected chi connectivity index (χ1v) is 10.5. The second-order valence-corrected chi connectivity index (χ2v) is 8.60.